The highest BCUT2D eigenvalue weighted by molar-refractivity contribution is 7.80. The zero-order valence-electron chi connectivity index (χ0n) is 5.70. The number of nitrogens with one attached hydrogen (secondary N) is 1. The third kappa shape index (κ3) is 3.71. The summed E-state index contributed by atoms with van der Waals surface area (Å²) in [7, 11) is 0. The van der Waals surface area contributed by atoms with Crippen LogP contribution in [0, 0.1) is 0 Å². The van der Waals surface area contributed by atoms with Gasteiger partial charge in [-0.25, -0.2) is 0 Å². The summed E-state index contributed by atoms with van der Waals surface area (Å²) in [6.45, 7) is 2.21. The van der Waals surface area contributed by atoms with E-state index in [0.717, 1.165) is 0 Å². The van der Waals surface area contributed by atoms with Crippen molar-refractivity contribution in [2.75, 3.05) is 12.4 Å². The number of carboxylic acids is 1. The lowest BCUT2D eigenvalue weighted by Crippen LogP contribution is -2.38. The lowest BCUT2D eigenvalue weighted by Gasteiger charge is -2.09. The molecule has 0 heterocycles. The van der Waals surface area contributed by atoms with Crippen LogP contribution in [0.2, 0.25) is 0 Å². The lowest BCUT2D eigenvalue weighted by atomic mass is 10.4. The van der Waals surface area contributed by atoms with Crippen molar-refractivity contribution in [3.05, 3.63) is 0 Å². The molecule has 0 saturated heterocycles. The second kappa shape index (κ2) is 5.52. The van der Waals surface area contributed by atoms with E-state index in [0.29, 0.717) is 6.61 Å². The van der Waals surface area contributed by atoms with Gasteiger partial charge in [-0.2, -0.15) is 18.1 Å². The summed E-state index contributed by atoms with van der Waals surface area (Å²) < 4.78 is 0. The number of thiol groups is 1. The molecule has 0 fully saturated rings. The second-order valence-corrected chi connectivity index (χ2v) is 1.99. The van der Waals surface area contributed by atoms with Crippen molar-refractivity contribution < 1.29 is 14.7 Å². The molecule has 2 N–H and O–H groups in total. The number of aliphatic carboxylic acids is 1. The van der Waals surface area contributed by atoms with Crippen molar-refractivity contribution in [2.24, 2.45) is 0 Å². The molecule has 0 saturated carbocycles. The first-order valence-electron chi connectivity index (χ1n) is 2.93. The van der Waals surface area contributed by atoms with Gasteiger partial charge in [0.1, 0.15) is 6.04 Å². The van der Waals surface area contributed by atoms with E-state index < -0.39 is 12.0 Å². The molecule has 5 heteroatoms. The lowest BCUT2D eigenvalue weighted by molar-refractivity contribution is -0.142. The molecule has 0 radical (unpaired) electrons. The molecule has 1 atom stereocenters. The zero-order chi connectivity index (χ0) is 7.98. The molecule has 0 amide bonds. The Hall–Kier alpha value is -0.260. The quantitative estimate of drug-likeness (QED) is 0.393. The molecule has 60 valence electrons. The van der Waals surface area contributed by atoms with Gasteiger partial charge in [-0.15, -0.1) is 0 Å². The van der Waals surface area contributed by atoms with E-state index in [-0.39, 0.29) is 5.75 Å². The maximum atomic E-state index is 10.2. The molecule has 0 spiro atoms. The summed E-state index contributed by atoms with van der Waals surface area (Å²) in [4.78, 5) is 14.9. The molecule has 0 bridgehead atoms. The van der Waals surface area contributed by atoms with E-state index in [1.165, 1.54) is 0 Å². The SMILES string of the molecule is CCONC(CS)C(=O)O. The van der Waals surface area contributed by atoms with Crippen molar-refractivity contribution in [3.63, 3.8) is 0 Å². The average Bonchev–Trinajstić information content (AvgIpc) is 1.89. The minimum absolute atomic E-state index is 0.218. The standard InChI is InChI=1S/C5H11NO3S/c1-2-9-6-4(3-10)5(7)8/h4,6,10H,2-3H2,1H3,(H,7,8). The monoisotopic (exact) mass is 165 g/mol. The summed E-state index contributed by atoms with van der Waals surface area (Å²) in [5.41, 5.74) is 2.34. The summed E-state index contributed by atoms with van der Waals surface area (Å²) in [6.07, 6.45) is 0. The van der Waals surface area contributed by atoms with E-state index in [1.807, 2.05) is 0 Å². The fraction of sp³-hybridized carbons (Fsp3) is 0.800. The summed E-state index contributed by atoms with van der Waals surface area (Å²) in [5, 5.41) is 8.41. The Morgan fingerprint density at radius 2 is 2.50 bits per heavy atom. The topological polar surface area (TPSA) is 58.6 Å². The van der Waals surface area contributed by atoms with Crippen LogP contribution < -0.4 is 5.48 Å². The molecule has 10 heavy (non-hydrogen) atoms. The Morgan fingerprint density at radius 1 is 1.90 bits per heavy atom. The number of hydrogen-bond acceptors (Lipinski definition) is 4. The van der Waals surface area contributed by atoms with Crippen molar-refractivity contribution in [3.8, 4) is 0 Å². The van der Waals surface area contributed by atoms with E-state index in [4.69, 9.17) is 5.11 Å². The van der Waals surface area contributed by atoms with Gasteiger partial charge in [-0.3, -0.25) is 4.79 Å². The van der Waals surface area contributed by atoms with Crippen LogP contribution in [0.15, 0.2) is 0 Å². The molecule has 0 aromatic carbocycles. The number of rotatable bonds is 5. The van der Waals surface area contributed by atoms with Crippen molar-refractivity contribution >= 4 is 18.6 Å². The fourth-order valence-electron chi connectivity index (χ4n) is 0.350. The molecule has 0 rings (SSSR count). The Bertz CT molecular complexity index is 109. The Balaban J connectivity index is 3.50. The van der Waals surface area contributed by atoms with E-state index in [2.05, 4.69) is 22.9 Å². The third-order valence-corrected chi connectivity index (χ3v) is 1.22. The highest BCUT2D eigenvalue weighted by atomic mass is 32.1. The maximum absolute atomic E-state index is 10.2. The van der Waals surface area contributed by atoms with Crippen LogP contribution in [-0.2, 0) is 9.63 Å². The maximum Gasteiger partial charge on any atom is 0.323 e. The van der Waals surface area contributed by atoms with Gasteiger partial charge in [0.15, 0.2) is 0 Å². The van der Waals surface area contributed by atoms with Gasteiger partial charge >= 0.3 is 5.97 Å². The van der Waals surface area contributed by atoms with Gasteiger partial charge in [-0.05, 0) is 6.92 Å². The van der Waals surface area contributed by atoms with Gasteiger partial charge < -0.3 is 9.94 Å². The number of hydrogen-bond donors (Lipinski definition) is 3. The Kier molecular flexibility index (Phi) is 5.38. The van der Waals surface area contributed by atoms with Gasteiger partial charge in [0.05, 0.1) is 6.61 Å². The van der Waals surface area contributed by atoms with Crippen molar-refractivity contribution in [1.82, 2.24) is 5.48 Å². The largest absolute Gasteiger partial charge is 0.480 e. The number of hydroxylamine groups is 1. The van der Waals surface area contributed by atoms with Crippen LogP contribution in [0.3, 0.4) is 0 Å². The molecular weight excluding hydrogens is 154 g/mol. The van der Waals surface area contributed by atoms with Gasteiger partial charge in [0.2, 0.25) is 0 Å². The predicted octanol–water partition coefficient (Wildman–Crippen LogP) is -0.0895. The summed E-state index contributed by atoms with van der Waals surface area (Å²) >= 11 is 3.80. The highest BCUT2D eigenvalue weighted by Crippen LogP contribution is 1.87. The first-order valence-corrected chi connectivity index (χ1v) is 3.56. The summed E-state index contributed by atoms with van der Waals surface area (Å²) in [6, 6.07) is -0.719. The molecule has 0 aliphatic heterocycles. The second-order valence-electron chi connectivity index (χ2n) is 1.62. The fourth-order valence-corrected chi connectivity index (χ4v) is 0.580. The minimum atomic E-state index is -0.955. The molecule has 0 aromatic rings. The zero-order valence-corrected chi connectivity index (χ0v) is 6.60. The normalized spacial score (nSPS) is 13.0. The molecule has 1 unspecified atom stereocenters. The van der Waals surface area contributed by atoms with E-state index in [9.17, 15) is 4.79 Å². The molecule has 0 aliphatic rings. The minimum Gasteiger partial charge on any atom is -0.480 e. The van der Waals surface area contributed by atoms with Crippen LogP contribution in [0.5, 0.6) is 0 Å². The molecule has 0 aromatic heterocycles. The first-order chi connectivity index (χ1) is 4.72. The van der Waals surface area contributed by atoms with Gasteiger partial charge in [0.25, 0.3) is 0 Å². The van der Waals surface area contributed by atoms with E-state index >= 15 is 0 Å². The van der Waals surface area contributed by atoms with E-state index in [1.54, 1.807) is 6.92 Å². The Labute approximate surface area is 64.9 Å². The number of carboxylic acid groups (broad SMARTS) is 1. The van der Waals surface area contributed by atoms with Crippen LogP contribution in [0.25, 0.3) is 0 Å². The predicted molar refractivity (Wildman–Crippen MR) is 40.0 cm³/mol. The Morgan fingerprint density at radius 3 is 2.80 bits per heavy atom. The van der Waals surface area contributed by atoms with Gasteiger partial charge in [0, 0.05) is 5.75 Å². The van der Waals surface area contributed by atoms with Crippen LogP contribution in [-0.4, -0.2) is 29.5 Å². The van der Waals surface area contributed by atoms with Gasteiger partial charge in [-0.1, -0.05) is 0 Å². The van der Waals surface area contributed by atoms with Crippen LogP contribution >= 0.6 is 12.6 Å². The average molecular weight is 165 g/mol. The summed E-state index contributed by atoms with van der Waals surface area (Å²) in [5.74, 6) is -0.738. The molecular formula is C5H11NO3S. The first kappa shape index (κ1) is 9.74. The highest BCUT2D eigenvalue weighted by Gasteiger charge is 2.13. The smallest absolute Gasteiger partial charge is 0.323 e. The van der Waals surface area contributed by atoms with Crippen LogP contribution in [0.4, 0.5) is 0 Å². The molecule has 4 nitrogen and oxygen atoms in total. The molecule has 0 aliphatic carbocycles. The van der Waals surface area contributed by atoms with Crippen molar-refractivity contribution in [1.29, 1.82) is 0 Å². The number of carbonyl (C=O) groups is 1. The van der Waals surface area contributed by atoms with Crippen LogP contribution in [0.1, 0.15) is 6.92 Å². The third-order valence-electron chi connectivity index (χ3n) is 0.851. The van der Waals surface area contributed by atoms with Crippen molar-refractivity contribution in [2.45, 2.75) is 13.0 Å².